The van der Waals surface area contributed by atoms with Crippen molar-refractivity contribution in [3.05, 3.63) is 47.8 Å². The lowest BCUT2D eigenvalue weighted by Crippen LogP contribution is -2.41. The monoisotopic (exact) mass is 407 g/mol. The van der Waals surface area contributed by atoms with Crippen LogP contribution in [0.1, 0.15) is 30.5 Å². The molecule has 3 rings (SSSR count). The Hall–Kier alpha value is -1.74. The van der Waals surface area contributed by atoms with Crippen LogP contribution in [0.3, 0.4) is 0 Å². The van der Waals surface area contributed by atoms with Crippen LogP contribution in [0.2, 0.25) is 0 Å². The van der Waals surface area contributed by atoms with Crippen LogP contribution in [-0.4, -0.2) is 66.6 Å². The van der Waals surface area contributed by atoms with E-state index in [9.17, 15) is 13.5 Å². The minimum absolute atomic E-state index is 0.0842. The van der Waals surface area contributed by atoms with E-state index in [2.05, 4.69) is 9.88 Å². The predicted molar refractivity (Wildman–Crippen MR) is 107 cm³/mol. The zero-order chi connectivity index (χ0) is 20.0. The lowest BCUT2D eigenvalue weighted by molar-refractivity contribution is 0.0820. The van der Waals surface area contributed by atoms with Crippen molar-refractivity contribution in [2.75, 3.05) is 32.6 Å². The molecule has 1 saturated heterocycles. The van der Waals surface area contributed by atoms with E-state index in [1.54, 1.807) is 10.8 Å². The van der Waals surface area contributed by atoms with E-state index >= 15 is 0 Å². The summed E-state index contributed by atoms with van der Waals surface area (Å²) in [5.74, 6) is -0.0995. The Labute approximate surface area is 166 Å². The van der Waals surface area contributed by atoms with Gasteiger partial charge in [-0.2, -0.15) is 0 Å². The number of imidazole rings is 1. The third-order valence-electron chi connectivity index (χ3n) is 5.24. The van der Waals surface area contributed by atoms with Gasteiger partial charge in [0.15, 0.2) is 0 Å². The predicted octanol–water partition coefficient (Wildman–Crippen LogP) is 1.70. The number of methoxy groups -OCH3 is 1. The highest BCUT2D eigenvalue weighted by Crippen LogP contribution is 2.22. The highest BCUT2D eigenvalue weighted by atomic mass is 32.2. The van der Waals surface area contributed by atoms with Gasteiger partial charge in [-0.25, -0.2) is 13.4 Å². The van der Waals surface area contributed by atoms with Crippen LogP contribution >= 0.6 is 0 Å². The first-order chi connectivity index (χ1) is 13.5. The van der Waals surface area contributed by atoms with Crippen molar-refractivity contribution in [2.24, 2.45) is 0 Å². The van der Waals surface area contributed by atoms with Crippen LogP contribution < -0.4 is 0 Å². The van der Waals surface area contributed by atoms with Crippen molar-refractivity contribution in [2.45, 2.75) is 43.6 Å². The number of hydrogen-bond donors (Lipinski definition) is 1. The van der Waals surface area contributed by atoms with Crippen LogP contribution in [0.4, 0.5) is 0 Å². The highest BCUT2D eigenvalue weighted by molar-refractivity contribution is 7.91. The van der Waals surface area contributed by atoms with Gasteiger partial charge in [0, 0.05) is 19.7 Å². The number of benzene rings is 1. The standard InChI is InChI=1S/C20H29N3O4S/c1-27-11-12-28(25,26)20-21-13-19(15-22-10-6-5-9-18(22)16-24)23(20)14-17-7-3-2-4-8-17/h2-4,7-8,13,18,24H,5-6,9-12,14-16H2,1H3. The molecule has 1 aromatic carbocycles. The summed E-state index contributed by atoms with van der Waals surface area (Å²) in [4.78, 5) is 6.51. The molecule has 0 saturated carbocycles. The van der Waals surface area contributed by atoms with Gasteiger partial charge in [0.1, 0.15) is 0 Å². The molecule has 7 nitrogen and oxygen atoms in total. The number of nitrogens with zero attached hydrogens (tertiary/aromatic N) is 3. The molecule has 0 radical (unpaired) electrons. The van der Waals surface area contributed by atoms with Crippen molar-refractivity contribution in [3.63, 3.8) is 0 Å². The summed E-state index contributed by atoms with van der Waals surface area (Å²) in [5.41, 5.74) is 1.86. The molecule has 1 aliphatic rings. The van der Waals surface area contributed by atoms with Crippen LogP contribution in [0.5, 0.6) is 0 Å². The fraction of sp³-hybridized carbons (Fsp3) is 0.550. The topological polar surface area (TPSA) is 84.7 Å². The first-order valence-corrected chi connectivity index (χ1v) is 11.4. The van der Waals surface area contributed by atoms with Crippen LogP contribution in [0.15, 0.2) is 41.7 Å². The summed E-state index contributed by atoms with van der Waals surface area (Å²) in [5, 5.41) is 9.79. The van der Waals surface area contributed by atoms with Gasteiger partial charge in [0.05, 0.1) is 37.4 Å². The minimum Gasteiger partial charge on any atom is -0.395 e. The molecule has 0 amide bonds. The van der Waals surface area contributed by atoms with Crippen molar-refractivity contribution in [1.29, 1.82) is 0 Å². The summed E-state index contributed by atoms with van der Waals surface area (Å²) in [7, 11) is -2.06. The summed E-state index contributed by atoms with van der Waals surface area (Å²) in [6.07, 6.45) is 4.82. The molecule has 8 heteroatoms. The van der Waals surface area contributed by atoms with E-state index in [4.69, 9.17) is 4.74 Å². The summed E-state index contributed by atoms with van der Waals surface area (Å²) < 4.78 is 32.4. The van der Waals surface area contributed by atoms with Crippen molar-refractivity contribution in [1.82, 2.24) is 14.5 Å². The number of aliphatic hydroxyl groups excluding tert-OH is 1. The average Bonchev–Trinajstić information content (AvgIpc) is 3.11. The molecule has 1 aromatic heterocycles. The molecule has 1 aliphatic heterocycles. The molecule has 2 heterocycles. The molecular formula is C20H29N3O4S. The molecule has 1 fully saturated rings. The molecule has 2 aromatic rings. The zero-order valence-electron chi connectivity index (χ0n) is 16.3. The number of sulfone groups is 1. The molecule has 0 bridgehead atoms. The van der Waals surface area contributed by atoms with Crippen molar-refractivity contribution >= 4 is 9.84 Å². The van der Waals surface area contributed by atoms with Gasteiger partial charge in [0.2, 0.25) is 15.0 Å². The SMILES string of the molecule is COCCS(=O)(=O)c1ncc(CN2CCCCC2CO)n1Cc1ccccc1. The minimum atomic E-state index is -3.55. The molecule has 1 atom stereocenters. The van der Waals surface area contributed by atoms with Crippen molar-refractivity contribution in [3.8, 4) is 0 Å². The number of piperidine rings is 1. The van der Waals surface area contributed by atoms with Gasteiger partial charge in [-0.1, -0.05) is 36.8 Å². The number of rotatable bonds is 9. The van der Waals surface area contributed by atoms with Gasteiger partial charge in [0.25, 0.3) is 0 Å². The van der Waals surface area contributed by atoms with Gasteiger partial charge < -0.3 is 14.4 Å². The van der Waals surface area contributed by atoms with E-state index in [1.807, 2.05) is 30.3 Å². The second-order valence-corrected chi connectivity index (χ2v) is 9.22. The van der Waals surface area contributed by atoms with E-state index in [-0.39, 0.29) is 30.2 Å². The van der Waals surface area contributed by atoms with Crippen LogP contribution in [0, 0.1) is 0 Å². The fourth-order valence-corrected chi connectivity index (χ4v) is 4.97. The maximum Gasteiger partial charge on any atom is 0.228 e. The molecule has 0 spiro atoms. The average molecular weight is 408 g/mol. The Morgan fingerprint density at radius 2 is 2.00 bits per heavy atom. The second-order valence-electron chi connectivity index (χ2n) is 7.22. The quantitative estimate of drug-likeness (QED) is 0.681. The largest absolute Gasteiger partial charge is 0.395 e. The van der Waals surface area contributed by atoms with E-state index in [0.717, 1.165) is 37.1 Å². The summed E-state index contributed by atoms with van der Waals surface area (Å²) >= 11 is 0. The number of aliphatic hydroxyl groups is 1. The Bertz CT molecular complexity index is 852. The molecular weight excluding hydrogens is 378 g/mol. The summed E-state index contributed by atoms with van der Waals surface area (Å²) in [6, 6.07) is 9.89. The van der Waals surface area contributed by atoms with Gasteiger partial charge in [-0.15, -0.1) is 0 Å². The number of aromatic nitrogens is 2. The molecule has 0 aliphatic carbocycles. The zero-order valence-corrected chi connectivity index (χ0v) is 17.1. The maximum absolute atomic E-state index is 12.8. The van der Waals surface area contributed by atoms with Gasteiger partial charge in [-0.3, -0.25) is 4.90 Å². The van der Waals surface area contributed by atoms with E-state index in [0.29, 0.717) is 13.1 Å². The highest BCUT2D eigenvalue weighted by Gasteiger charge is 2.27. The number of hydrogen-bond acceptors (Lipinski definition) is 6. The third-order valence-corrected chi connectivity index (χ3v) is 6.83. The Kier molecular flexibility index (Phi) is 7.23. The van der Waals surface area contributed by atoms with Gasteiger partial charge in [-0.05, 0) is 24.9 Å². The lowest BCUT2D eigenvalue weighted by Gasteiger charge is -2.34. The molecule has 28 heavy (non-hydrogen) atoms. The molecule has 1 N–H and O–H groups in total. The van der Waals surface area contributed by atoms with Gasteiger partial charge >= 0.3 is 0 Å². The Balaban J connectivity index is 1.92. The Morgan fingerprint density at radius 1 is 1.21 bits per heavy atom. The number of ether oxygens (including phenoxy) is 1. The van der Waals surface area contributed by atoms with E-state index in [1.165, 1.54) is 7.11 Å². The fourth-order valence-electron chi connectivity index (χ4n) is 3.67. The first kappa shape index (κ1) is 21.0. The third kappa shape index (κ3) is 5.00. The van der Waals surface area contributed by atoms with E-state index < -0.39 is 9.84 Å². The summed E-state index contributed by atoms with van der Waals surface area (Å²) in [6.45, 7) is 2.16. The first-order valence-electron chi connectivity index (χ1n) is 9.70. The normalized spacial score (nSPS) is 18.4. The molecule has 154 valence electrons. The van der Waals surface area contributed by atoms with Crippen molar-refractivity contribution < 1.29 is 18.3 Å². The number of likely N-dealkylation sites (tertiary alicyclic amines) is 1. The Morgan fingerprint density at radius 3 is 2.71 bits per heavy atom. The molecule has 1 unspecified atom stereocenters. The van der Waals surface area contributed by atoms with Crippen LogP contribution in [-0.2, 0) is 27.7 Å². The van der Waals surface area contributed by atoms with Crippen LogP contribution in [0.25, 0.3) is 0 Å². The second kappa shape index (κ2) is 9.65. The maximum atomic E-state index is 12.8. The smallest absolute Gasteiger partial charge is 0.228 e. The lowest BCUT2D eigenvalue weighted by atomic mass is 10.0.